The van der Waals surface area contributed by atoms with Gasteiger partial charge >= 0.3 is 12.1 Å². The third-order valence-electron chi connectivity index (χ3n) is 2.38. The fourth-order valence-electron chi connectivity index (χ4n) is 1.47. The Morgan fingerprint density at radius 1 is 1.29 bits per heavy atom. The summed E-state index contributed by atoms with van der Waals surface area (Å²) >= 11 is 0. The summed E-state index contributed by atoms with van der Waals surface area (Å²) in [6.07, 6.45) is 0.604. The average molecular weight is 291 g/mol. The van der Waals surface area contributed by atoms with Crippen molar-refractivity contribution in [1.29, 1.82) is 0 Å². The maximum Gasteiger partial charge on any atom is 0.408 e. The summed E-state index contributed by atoms with van der Waals surface area (Å²) in [4.78, 5) is 23.5. The first-order valence-corrected chi connectivity index (χ1v) is 6.64. The number of hydrogen-bond acceptors (Lipinski definition) is 4. The van der Waals surface area contributed by atoms with Crippen LogP contribution in [0, 0.1) is 0 Å². The van der Waals surface area contributed by atoms with Crippen molar-refractivity contribution in [1.82, 2.24) is 5.32 Å². The lowest BCUT2D eigenvalue weighted by atomic mass is 10.2. The van der Waals surface area contributed by atoms with E-state index in [9.17, 15) is 9.59 Å². The van der Waals surface area contributed by atoms with E-state index in [1.807, 2.05) is 30.3 Å². The number of hydrogen-bond donors (Lipinski definition) is 1. The number of carbonyl (C=O) groups excluding carboxylic acids is 2. The molecule has 0 aliphatic carbocycles. The molecule has 0 heterocycles. The van der Waals surface area contributed by atoms with Crippen LogP contribution in [0.25, 0.3) is 0 Å². The van der Waals surface area contributed by atoms with Gasteiger partial charge < -0.3 is 14.8 Å². The Kier molecular flexibility index (Phi) is 5.96. The van der Waals surface area contributed by atoms with Crippen LogP contribution in [0.2, 0.25) is 0 Å². The van der Waals surface area contributed by atoms with Gasteiger partial charge in [0.05, 0.1) is 0 Å². The Labute approximate surface area is 124 Å². The second-order valence-corrected chi connectivity index (χ2v) is 5.45. The zero-order valence-corrected chi connectivity index (χ0v) is 12.6. The zero-order valence-electron chi connectivity index (χ0n) is 12.6. The Bertz CT molecular complexity index is 491. The first-order valence-electron chi connectivity index (χ1n) is 6.64. The van der Waals surface area contributed by atoms with Crippen LogP contribution < -0.4 is 5.32 Å². The number of amides is 1. The summed E-state index contributed by atoms with van der Waals surface area (Å²) in [7, 11) is 0. The molecule has 0 saturated carbocycles. The molecule has 0 fully saturated rings. The molecule has 5 heteroatoms. The number of ether oxygens (including phenoxy) is 2. The van der Waals surface area contributed by atoms with Gasteiger partial charge in [0.15, 0.2) is 0 Å². The van der Waals surface area contributed by atoms with Crippen molar-refractivity contribution in [2.45, 2.75) is 39.0 Å². The molecule has 114 valence electrons. The third-order valence-corrected chi connectivity index (χ3v) is 2.38. The van der Waals surface area contributed by atoms with Crippen LogP contribution in [0.3, 0.4) is 0 Å². The highest BCUT2D eigenvalue weighted by Gasteiger charge is 2.24. The quantitative estimate of drug-likeness (QED) is 0.669. The standard InChI is InChI=1S/C16H21NO4/c1-5-13(14(18)21-16(2,3)4)17-15(19)20-11-12-9-7-6-8-10-12/h5-10,13H,1,11H2,2-4H3,(H,17,19). The van der Waals surface area contributed by atoms with E-state index >= 15 is 0 Å². The Balaban J connectivity index is 2.47. The predicted molar refractivity (Wildman–Crippen MR) is 79.6 cm³/mol. The lowest BCUT2D eigenvalue weighted by Crippen LogP contribution is -2.43. The molecule has 1 aromatic rings. The average Bonchev–Trinajstić information content (AvgIpc) is 2.41. The summed E-state index contributed by atoms with van der Waals surface area (Å²) in [6, 6.07) is 8.32. The number of alkyl carbamates (subject to hydrolysis) is 1. The van der Waals surface area contributed by atoms with Crippen molar-refractivity contribution in [2.24, 2.45) is 0 Å². The summed E-state index contributed by atoms with van der Waals surface area (Å²) in [5.41, 5.74) is 0.230. The van der Waals surface area contributed by atoms with Crippen LogP contribution in [0.4, 0.5) is 4.79 Å². The molecule has 21 heavy (non-hydrogen) atoms. The predicted octanol–water partition coefficient (Wildman–Crippen LogP) is 2.81. The summed E-state index contributed by atoms with van der Waals surface area (Å²) in [5, 5.41) is 2.41. The maximum atomic E-state index is 11.8. The fourth-order valence-corrected chi connectivity index (χ4v) is 1.47. The van der Waals surface area contributed by atoms with Gasteiger partial charge in [-0.25, -0.2) is 9.59 Å². The minimum absolute atomic E-state index is 0.130. The summed E-state index contributed by atoms with van der Waals surface area (Å²) in [6.45, 7) is 8.89. The van der Waals surface area contributed by atoms with E-state index in [0.717, 1.165) is 5.56 Å². The van der Waals surface area contributed by atoms with Gasteiger partial charge in [0.1, 0.15) is 18.2 Å². The van der Waals surface area contributed by atoms with Crippen LogP contribution in [-0.2, 0) is 20.9 Å². The first-order chi connectivity index (χ1) is 9.81. The Morgan fingerprint density at radius 2 is 1.90 bits per heavy atom. The molecular weight excluding hydrogens is 270 g/mol. The normalized spacial score (nSPS) is 12.1. The third kappa shape index (κ3) is 6.61. The molecule has 0 spiro atoms. The van der Waals surface area contributed by atoms with E-state index in [1.54, 1.807) is 20.8 Å². The fraction of sp³-hybridized carbons (Fsp3) is 0.375. The molecule has 1 N–H and O–H groups in total. The topological polar surface area (TPSA) is 64.6 Å². The van der Waals surface area contributed by atoms with Gasteiger partial charge in [-0.1, -0.05) is 36.4 Å². The van der Waals surface area contributed by atoms with Crippen LogP contribution >= 0.6 is 0 Å². The molecule has 0 aliphatic rings. The summed E-state index contributed by atoms with van der Waals surface area (Å²) < 4.78 is 10.2. The molecule has 0 saturated heterocycles. The number of esters is 1. The molecule has 1 amide bonds. The molecular formula is C16H21NO4. The van der Waals surface area contributed by atoms with Gasteiger partial charge in [-0.2, -0.15) is 0 Å². The van der Waals surface area contributed by atoms with Gasteiger partial charge in [0, 0.05) is 0 Å². The van der Waals surface area contributed by atoms with Crippen molar-refractivity contribution in [2.75, 3.05) is 0 Å². The van der Waals surface area contributed by atoms with Crippen molar-refractivity contribution >= 4 is 12.1 Å². The first kappa shape index (κ1) is 16.8. The highest BCUT2D eigenvalue weighted by molar-refractivity contribution is 5.83. The highest BCUT2D eigenvalue weighted by atomic mass is 16.6. The minimum Gasteiger partial charge on any atom is -0.458 e. The smallest absolute Gasteiger partial charge is 0.408 e. The van der Waals surface area contributed by atoms with E-state index in [2.05, 4.69) is 11.9 Å². The van der Waals surface area contributed by atoms with Crippen LogP contribution in [-0.4, -0.2) is 23.7 Å². The van der Waals surface area contributed by atoms with Gasteiger partial charge in [-0.05, 0) is 26.3 Å². The SMILES string of the molecule is C=CC(NC(=O)OCc1ccccc1)C(=O)OC(C)(C)C. The molecule has 0 aliphatic heterocycles. The zero-order chi connectivity index (χ0) is 15.9. The van der Waals surface area contributed by atoms with Gasteiger partial charge in [-0.15, -0.1) is 6.58 Å². The highest BCUT2D eigenvalue weighted by Crippen LogP contribution is 2.09. The second-order valence-electron chi connectivity index (χ2n) is 5.45. The van der Waals surface area contributed by atoms with E-state index in [0.29, 0.717) is 0 Å². The van der Waals surface area contributed by atoms with Gasteiger partial charge in [-0.3, -0.25) is 0 Å². The molecule has 1 rings (SSSR count). The van der Waals surface area contributed by atoms with Crippen LogP contribution in [0.5, 0.6) is 0 Å². The lowest BCUT2D eigenvalue weighted by Gasteiger charge is -2.22. The van der Waals surface area contributed by atoms with E-state index in [-0.39, 0.29) is 6.61 Å². The molecule has 0 bridgehead atoms. The van der Waals surface area contributed by atoms with Crippen molar-refractivity contribution in [3.05, 3.63) is 48.6 Å². The minimum atomic E-state index is -0.938. The number of rotatable bonds is 5. The van der Waals surface area contributed by atoms with Crippen molar-refractivity contribution in [3.63, 3.8) is 0 Å². The van der Waals surface area contributed by atoms with Gasteiger partial charge in [0.2, 0.25) is 0 Å². The molecule has 0 radical (unpaired) electrons. The number of benzene rings is 1. The number of carbonyl (C=O) groups is 2. The monoisotopic (exact) mass is 291 g/mol. The Hall–Kier alpha value is -2.30. The second kappa shape index (κ2) is 7.47. The number of nitrogens with one attached hydrogen (secondary N) is 1. The van der Waals surface area contributed by atoms with Crippen molar-refractivity contribution < 1.29 is 19.1 Å². The molecule has 5 nitrogen and oxygen atoms in total. The van der Waals surface area contributed by atoms with Gasteiger partial charge in [0.25, 0.3) is 0 Å². The maximum absolute atomic E-state index is 11.8. The van der Waals surface area contributed by atoms with E-state index in [1.165, 1.54) is 6.08 Å². The van der Waals surface area contributed by atoms with Crippen LogP contribution in [0.15, 0.2) is 43.0 Å². The Morgan fingerprint density at radius 3 is 2.43 bits per heavy atom. The molecule has 1 atom stereocenters. The molecule has 1 unspecified atom stereocenters. The van der Waals surface area contributed by atoms with E-state index < -0.39 is 23.7 Å². The van der Waals surface area contributed by atoms with E-state index in [4.69, 9.17) is 9.47 Å². The largest absolute Gasteiger partial charge is 0.458 e. The molecule has 0 aromatic heterocycles. The lowest BCUT2D eigenvalue weighted by molar-refractivity contribution is -0.155. The molecule has 1 aromatic carbocycles. The summed E-state index contributed by atoms with van der Waals surface area (Å²) in [5.74, 6) is -0.575. The van der Waals surface area contributed by atoms with Crippen molar-refractivity contribution in [3.8, 4) is 0 Å². The van der Waals surface area contributed by atoms with Crippen LogP contribution in [0.1, 0.15) is 26.3 Å².